The third-order valence-electron chi connectivity index (χ3n) is 3.87. The van der Waals surface area contributed by atoms with Crippen molar-refractivity contribution in [3.63, 3.8) is 0 Å². The largest absolute Gasteiger partial charge is 0.493 e. The summed E-state index contributed by atoms with van der Waals surface area (Å²) < 4.78 is 12.9. The Labute approximate surface area is 123 Å². The first-order chi connectivity index (χ1) is 10.2. The van der Waals surface area contributed by atoms with Gasteiger partial charge in [0.25, 0.3) is 5.56 Å². The number of hydrogen-bond donors (Lipinski definition) is 0. The van der Waals surface area contributed by atoms with Crippen molar-refractivity contribution in [2.45, 2.75) is 31.8 Å². The van der Waals surface area contributed by atoms with Gasteiger partial charge in [-0.15, -0.1) is 0 Å². The molecule has 1 saturated heterocycles. The fourth-order valence-electron chi connectivity index (χ4n) is 2.62. The Morgan fingerprint density at radius 3 is 3.14 bits per heavy atom. The van der Waals surface area contributed by atoms with E-state index in [2.05, 4.69) is 4.98 Å². The molecule has 112 valence electrons. The minimum absolute atomic E-state index is 0.0546. The maximum Gasteiger partial charge on any atom is 0.261 e. The first-order valence-corrected chi connectivity index (χ1v) is 7.44. The Morgan fingerprint density at radius 1 is 1.43 bits per heavy atom. The molecule has 21 heavy (non-hydrogen) atoms. The molecule has 1 atom stereocenters. The minimum atomic E-state index is -0.0546. The maximum absolute atomic E-state index is 12.0. The van der Waals surface area contributed by atoms with Gasteiger partial charge in [0.1, 0.15) is 5.75 Å². The number of nitrogens with zero attached hydrogens (tertiary/aromatic N) is 2. The van der Waals surface area contributed by atoms with Crippen LogP contribution in [0.5, 0.6) is 5.75 Å². The van der Waals surface area contributed by atoms with Gasteiger partial charge >= 0.3 is 0 Å². The van der Waals surface area contributed by atoms with Gasteiger partial charge < -0.3 is 14.0 Å². The molecule has 2 heterocycles. The number of ether oxygens (including phenoxy) is 2. The lowest BCUT2D eigenvalue weighted by Crippen LogP contribution is -2.21. The molecule has 1 unspecified atom stereocenters. The van der Waals surface area contributed by atoms with Crippen LogP contribution >= 0.6 is 0 Å². The highest BCUT2D eigenvalue weighted by Gasteiger charge is 2.13. The first-order valence-electron chi connectivity index (χ1n) is 7.44. The summed E-state index contributed by atoms with van der Waals surface area (Å²) in [5.74, 6) is 0.711. The highest BCUT2D eigenvalue weighted by molar-refractivity contribution is 5.78. The van der Waals surface area contributed by atoms with E-state index < -0.39 is 0 Å². The molecule has 3 rings (SSSR count). The number of fused-ring (bicyclic) bond motifs is 1. The van der Waals surface area contributed by atoms with E-state index in [1.165, 1.54) is 23.7 Å². The molecular weight excluding hydrogens is 268 g/mol. The average Bonchev–Trinajstić information content (AvgIpc) is 2.52. The minimum Gasteiger partial charge on any atom is -0.493 e. The van der Waals surface area contributed by atoms with Gasteiger partial charge in [-0.05, 0) is 37.5 Å². The number of benzene rings is 1. The normalized spacial score (nSPS) is 18.8. The van der Waals surface area contributed by atoms with E-state index in [1.54, 1.807) is 13.1 Å². The van der Waals surface area contributed by atoms with Crippen LogP contribution < -0.4 is 10.3 Å². The van der Waals surface area contributed by atoms with E-state index in [1.807, 2.05) is 12.1 Å². The Balaban J connectivity index is 1.66. The molecule has 0 amide bonds. The second-order valence-electron chi connectivity index (χ2n) is 5.47. The predicted octanol–water partition coefficient (Wildman–Crippen LogP) is 2.27. The van der Waals surface area contributed by atoms with Crippen LogP contribution in [0, 0.1) is 0 Å². The molecule has 5 heteroatoms. The molecular formula is C16H20N2O3. The summed E-state index contributed by atoms with van der Waals surface area (Å²) in [4.78, 5) is 16.3. The van der Waals surface area contributed by atoms with Crippen LogP contribution in [-0.4, -0.2) is 28.9 Å². The van der Waals surface area contributed by atoms with Gasteiger partial charge in [-0.25, -0.2) is 4.98 Å². The summed E-state index contributed by atoms with van der Waals surface area (Å²) >= 11 is 0. The molecule has 1 fully saturated rings. The van der Waals surface area contributed by atoms with Crippen LogP contribution in [0.25, 0.3) is 10.9 Å². The molecule has 5 nitrogen and oxygen atoms in total. The quantitative estimate of drug-likeness (QED) is 0.866. The summed E-state index contributed by atoms with van der Waals surface area (Å²) in [6.07, 6.45) is 6.26. The lowest BCUT2D eigenvalue weighted by atomic mass is 10.1. The first kappa shape index (κ1) is 14.1. The molecule has 0 spiro atoms. The molecule has 1 aliphatic heterocycles. The van der Waals surface area contributed by atoms with Crippen LogP contribution in [0.4, 0.5) is 0 Å². The molecule has 0 bridgehead atoms. The monoisotopic (exact) mass is 288 g/mol. The van der Waals surface area contributed by atoms with Gasteiger partial charge in [0.05, 0.1) is 29.9 Å². The van der Waals surface area contributed by atoms with Crippen LogP contribution in [0.1, 0.15) is 25.7 Å². The van der Waals surface area contributed by atoms with E-state index in [9.17, 15) is 4.79 Å². The third-order valence-corrected chi connectivity index (χ3v) is 3.87. The standard InChI is InChI=1S/C16H20N2O3/c1-18-11-17-15-6-5-13(10-14(15)16(18)19)21-9-7-12-4-2-3-8-20-12/h5-6,10-12H,2-4,7-9H2,1H3. The van der Waals surface area contributed by atoms with Crippen molar-refractivity contribution in [1.29, 1.82) is 0 Å². The van der Waals surface area contributed by atoms with E-state index in [0.717, 1.165) is 19.4 Å². The van der Waals surface area contributed by atoms with E-state index in [0.29, 0.717) is 29.4 Å². The summed E-state index contributed by atoms with van der Waals surface area (Å²) in [6.45, 7) is 1.47. The molecule has 1 aromatic carbocycles. The Hall–Kier alpha value is -1.88. The van der Waals surface area contributed by atoms with Crippen LogP contribution in [0.3, 0.4) is 0 Å². The number of aromatic nitrogens is 2. The van der Waals surface area contributed by atoms with Gasteiger partial charge in [0, 0.05) is 20.1 Å². The topological polar surface area (TPSA) is 53.4 Å². The van der Waals surface area contributed by atoms with Crippen molar-refractivity contribution in [1.82, 2.24) is 9.55 Å². The van der Waals surface area contributed by atoms with Crippen LogP contribution in [-0.2, 0) is 11.8 Å². The van der Waals surface area contributed by atoms with Gasteiger partial charge in [0.2, 0.25) is 0 Å². The molecule has 0 N–H and O–H groups in total. The summed E-state index contributed by atoms with van der Waals surface area (Å²) in [5, 5.41) is 0.589. The highest BCUT2D eigenvalue weighted by Crippen LogP contribution is 2.19. The lowest BCUT2D eigenvalue weighted by molar-refractivity contribution is 0.00406. The fraction of sp³-hybridized carbons (Fsp3) is 0.500. The zero-order valence-electron chi connectivity index (χ0n) is 12.2. The maximum atomic E-state index is 12.0. The van der Waals surface area contributed by atoms with Gasteiger partial charge in [-0.3, -0.25) is 4.79 Å². The number of aryl methyl sites for hydroxylation is 1. The lowest BCUT2D eigenvalue weighted by Gasteiger charge is -2.22. The zero-order chi connectivity index (χ0) is 14.7. The highest BCUT2D eigenvalue weighted by atomic mass is 16.5. The van der Waals surface area contributed by atoms with Gasteiger partial charge in [0.15, 0.2) is 0 Å². The van der Waals surface area contributed by atoms with Crippen molar-refractivity contribution in [3.8, 4) is 5.75 Å². The third kappa shape index (κ3) is 3.24. The van der Waals surface area contributed by atoms with Crippen molar-refractivity contribution in [2.24, 2.45) is 7.05 Å². The zero-order valence-corrected chi connectivity index (χ0v) is 12.2. The van der Waals surface area contributed by atoms with Crippen molar-refractivity contribution in [3.05, 3.63) is 34.9 Å². The van der Waals surface area contributed by atoms with E-state index in [4.69, 9.17) is 9.47 Å². The summed E-state index contributed by atoms with van der Waals surface area (Å²) in [6, 6.07) is 5.45. The second kappa shape index (κ2) is 6.26. The van der Waals surface area contributed by atoms with Gasteiger partial charge in [-0.2, -0.15) is 0 Å². The Morgan fingerprint density at radius 2 is 2.33 bits per heavy atom. The smallest absolute Gasteiger partial charge is 0.261 e. The molecule has 1 aromatic heterocycles. The second-order valence-corrected chi connectivity index (χ2v) is 5.47. The average molecular weight is 288 g/mol. The van der Waals surface area contributed by atoms with Crippen LogP contribution in [0.2, 0.25) is 0 Å². The molecule has 0 saturated carbocycles. The fourth-order valence-corrected chi connectivity index (χ4v) is 2.62. The van der Waals surface area contributed by atoms with E-state index in [-0.39, 0.29) is 5.56 Å². The summed E-state index contributed by atoms with van der Waals surface area (Å²) in [7, 11) is 1.70. The number of hydrogen-bond acceptors (Lipinski definition) is 4. The molecule has 0 radical (unpaired) electrons. The van der Waals surface area contributed by atoms with Gasteiger partial charge in [-0.1, -0.05) is 0 Å². The van der Waals surface area contributed by atoms with Crippen molar-refractivity contribution < 1.29 is 9.47 Å². The van der Waals surface area contributed by atoms with Crippen molar-refractivity contribution in [2.75, 3.05) is 13.2 Å². The molecule has 1 aliphatic rings. The summed E-state index contributed by atoms with van der Waals surface area (Å²) in [5.41, 5.74) is 0.641. The van der Waals surface area contributed by atoms with Crippen molar-refractivity contribution >= 4 is 10.9 Å². The number of rotatable bonds is 4. The van der Waals surface area contributed by atoms with Crippen LogP contribution in [0.15, 0.2) is 29.3 Å². The van der Waals surface area contributed by atoms with E-state index >= 15 is 0 Å². The molecule has 0 aliphatic carbocycles. The predicted molar refractivity (Wildman–Crippen MR) is 80.7 cm³/mol. The Bertz CT molecular complexity index is 675. The molecule has 2 aromatic rings. The SMILES string of the molecule is Cn1cnc2ccc(OCCC3CCCCO3)cc2c1=O. The Kier molecular flexibility index (Phi) is 4.20.